The Kier molecular flexibility index (Phi) is 3.44. The van der Waals surface area contributed by atoms with E-state index in [9.17, 15) is 0 Å². The third-order valence-corrected chi connectivity index (χ3v) is 3.55. The Labute approximate surface area is 124 Å². The minimum atomic E-state index is 0.883. The van der Waals surface area contributed by atoms with Gasteiger partial charge in [0.1, 0.15) is 6.33 Å². The lowest BCUT2D eigenvalue weighted by Crippen LogP contribution is -1.96. The molecule has 0 N–H and O–H groups in total. The molecule has 0 spiro atoms. The van der Waals surface area contributed by atoms with E-state index in [1.165, 1.54) is 0 Å². The van der Waals surface area contributed by atoms with E-state index in [0.29, 0.717) is 0 Å². The van der Waals surface area contributed by atoms with E-state index in [1.54, 1.807) is 12.5 Å². The summed E-state index contributed by atoms with van der Waals surface area (Å²) in [6.45, 7) is 6.05. The average molecular weight is 276 g/mol. The molecular weight excluding hydrogens is 260 g/mol. The largest absolute Gasteiger partial charge is 0.261 e. The molecule has 0 saturated heterocycles. The van der Waals surface area contributed by atoms with Crippen molar-refractivity contribution in [3.63, 3.8) is 0 Å². The Hall–Kier alpha value is -2.62. The van der Waals surface area contributed by atoms with Gasteiger partial charge in [0.2, 0.25) is 0 Å². The Morgan fingerprint density at radius 3 is 2.29 bits per heavy atom. The number of rotatable bonds is 2. The number of hydrogen-bond acceptors (Lipinski definition) is 4. The van der Waals surface area contributed by atoms with Crippen molar-refractivity contribution in [3.05, 3.63) is 59.9 Å². The van der Waals surface area contributed by atoms with Crippen LogP contribution in [0.1, 0.15) is 17.0 Å². The molecule has 0 radical (unpaired) electrons. The molecule has 0 bridgehead atoms. The summed E-state index contributed by atoms with van der Waals surface area (Å²) >= 11 is 0. The molecule has 4 nitrogen and oxygen atoms in total. The standard InChI is InChI=1S/C17H16N4/c1-11-6-8-19-13(3)17(11)16-9-15(20-10-21-16)14-5-4-7-18-12(14)2/h4-10H,1-3H3. The summed E-state index contributed by atoms with van der Waals surface area (Å²) in [5.74, 6) is 0. The number of aryl methyl sites for hydroxylation is 3. The predicted molar refractivity (Wildman–Crippen MR) is 82.7 cm³/mol. The molecule has 0 aliphatic carbocycles. The van der Waals surface area contributed by atoms with Gasteiger partial charge in [-0.3, -0.25) is 9.97 Å². The topological polar surface area (TPSA) is 51.6 Å². The quantitative estimate of drug-likeness (QED) is 0.718. The molecule has 104 valence electrons. The lowest BCUT2D eigenvalue weighted by Gasteiger charge is -2.10. The van der Waals surface area contributed by atoms with E-state index < -0.39 is 0 Å². The summed E-state index contributed by atoms with van der Waals surface area (Å²) in [6, 6.07) is 7.95. The molecule has 0 aliphatic rings. The van der Waals surface area contributed by atoms with Crippen molar-refractivity contribution in [2.75, 3.05) is 0 Å². The predicted octanol–water partition coefficient (Wildman–Crippen LogP) is 3.53. The van der Waals surface area contributed by atoms with Crippen molar-refractivity contribution < 1.29 is 0 Å². The van der Waals surface area contributed by atoms with Gasteiger partial charge in [0, 0.05) is 34.9 Å². The number of hydrogen-bond donors (Lipinski definition) is 0. The first-order chi connectivity index (χ1) is 10.2. The minimum Gasteiger partial charge on any atom is -0.261 e. The van der Waals surface area contributed by atoms with Crippen molar-refractivity contribution in [2.24, 2.45) is 0 Å². The van der Waals surface area contributed by atoms with E-state index in [-0.39, 0.29) is 0 Å². The monoisotopic (exact) mass is 276 g/mol. The van der Waals surface area contributed by atoms with E-state index in [2.05, 4.69) is 26.9 Å². The summed E-state index contributed by atoms with van der Waals surface area (Å²) in [4.78, 5) is 17.5. The van der Waals surface area contributed by atoms with Gasteiger partial charge < -0.3 is 0 Å². The first-order valence-corrected chi connectivity index (χ1v) is 6.83. The van der Waals surface area contributed by atoms with Crippen LogP contribution in [-0.2, 0) is 0 Å². The Morgan fingerprint density at radius 1 is 0.762 bits per heavy atom. The SMILES string of the molecule is Cc1ccnc(C)c1-c1cc(-c2cccnc2C)ncn1. The number of pyridine rings is 2. The molecular formula is C17H16N4. The van der Waals surface area contributed by atoms with Crippen LogP contribution in [0.5, 0.6) is 0 Å². The highest BCUT2D eigenvalue weighted by Crippen LogP contribution is 2.27. The van der Waals surface area contributed by atoms with Crippen LogP contribution in [0, 0.1) is 20.8 Å². The fraction of sp³-hybridized carbons (Fsp3) is 0.176. The van der Waals surface area contributed by atoms with Gasteiger partial charge in [0.05, 0.1) is 11.4 Å². The average Bonchev–Trinajstić information content (AvgIpc) is 2.48. The lowest BCUT2D eigenvalue weighted by atomic mass is 10.0. The zero-order chi connectivity index (χ0) is 14.8. The maximum absolute atomic E-state index is 4.41. The van der Waals surface area contributed by atoms with Crippen molar-refractivity contribution in [1.82, 2.24) is 19.9 Å². The van der Waals surface area contributed by atoms with Crippen molar-refractivity contribution in [1.29, 1.82) is 0 Å². The summed E-state index contributed by atoms with van der Waals surface area (Å²) in [5.41, 5.74) is 6.97. The fourth-order valence-corrected chi connectivity index (χ4v) is 2.48. The van der Waals surface area contributed by atoms with Crippen molar-refractivity contribution >= 4 is 0 Å². The molecule has 0 unspecified atom stereocenters. The van der Waals surface area contributed by atoms with Gasteiger partial charge in [-0.15, -0.1) is 0 Å². The second-order valence-electron chi connectivity index (χ2n) is 5.01. The van der Waals surface area contributed by atoms with Gasteiger partial charge >= 0.3 is 0 Å². The van der Waals surface area contributed by atoms with E-state index in [1.807, 2.05) is 44.3 Å². The molecule has 21 heavy (non-hydrogen) atoms. The number of aromatic nitrogens is 4. The Balaban J connectivity index is 2.16. The Bertz CT molecular complexity index is 776. The fourth-order valence-electron chi connectivity index (χ4n) is 2.48. The van der Waals surface area contributed by atoms with Crippen LogP contribution >= 0.6 is 0 Å². The van der Waals surface area contributed by atoms with Crippen LogP contribution in [0.4, 0.5) is 0 Å². The first kappa shape index (κ1) is 13.4. The van der Waals surface area contributed by atoms with Gasteiger partial charge in [-0.2, -0.15) is 0 Å². The third-order valence-electron chi connectivity index (χ3n) is 3.55. The highest BCUT2D eigenvalue weighted by Gasteiger charge is 2.11. The molecule has 3 aromatic rings. The molecule has 0 aliphatic heterocycles. The maximum Gasteiger partial charge on any atom is 0.116 e. The van der Waals surface area contributed by atoms with Crippen LogP contribution in [0.2, 0.25) is 0 Å². The van der Waals surface area contributed by atoms with Crippen LogP contribution in [0.15, 0.2) is 43.0 Å². The van der Waals surface area contributed by atoms with Gasteiger partial charge in [0.25, 0.3) is 0 Å². The molecule has 3 heterocycles. The van der Waals surface area contributed by atoms with E-state index in [0.717, 1.165) is 39.5 Å². The number of nitrogens with zero attached hydrogens (tertiary/aromatic N) is 4. The van der Waals surface area contributed by atoms with E-state index in [4.69, 9.17) is 0 Å². The zero-order valence-corrected chi connectivity index (χ0v) is 12.3. The zero-order valence-electron chi connectivity index (χ0n) is 12.3. The van der Waals surface area contributed by atoms with Crippen LogP contribution in [0.25, 0.3) is 22.5 Å². The van der Waals surface area contributed by atoms with Gasteiger partial charge in [-0.1, -0.05) is 0 Å². The second-order valence-corrected chi connectivity index (χ2v) is 5.01. The third kappa shape index (κ3) is 2.52. The molecule has 0 amide bonds. The molecule has 3 rings (SSSR count). The van der Waals surface area contributed by atoms with Crippen LogP contribution in [0.3, 0.4) is 0 Å². The van der Waals surface area contributed by atoms with Crippen LogP contribution in [-0.4, -0.2) is 19.9 Å². The maximum atomic E-state index is 4.41. The van der Waals surface area contributed by atoms with Crippen LogP contribution < -0.4 is 0 Å². The summed E-state index contributed by atoms with van der Waals surface area (Å²) in [6.07, 6.45) is 5.21. The summed E-state index contributed by atoms with van der Waals surface area (Å²) in [7, 11) is 0. The highest BCUT2D eigenvalue weighted by atomic mass is 14.8. The molecule has 0 fully saturated rings. The molecule has 0 atom stereocenters. The first-order valence-electron chi connectivity index (χ1n) is 6.83. The normalized spacial score (nSPS) is 10.6. The van der Waals surface area contributed by atoms with Gasteiger partial charge in [-0.05, 0) is 50.6 Å². The second kappa shape index (κ2) is 5.40. The molecule has 0 aromatic carbocycles. The lowest BCUT2D eigenvalue weighted by molar-refractivity contribution is 1.12. The van der Waals surface area contributed by atoms with Crippen molar-refractivity contribution in [3.8, 4) is 22.5 Å². The van der Waals surface area contributed by atoms with Crippen molar-refractivity contribution in [2.45, 2.75) is 20.8 Å². The van der Waals surface area contributed by atoms with Gasteiger partial charge in [-0.25, -0.2) is 9.97 Å². The molecule has 4 heteroatoms. The van der Waals surface area contributed by atoms with Gasteiger partial charge in [0.15, 0.2) is 0 Å². The highest BCUT2D eigenvalue weighted by molar-refractivity contribution is 5.71. The Morgan fingerprint density at radius 2 is 1.52 bits per heavy atom. The summed E-state index contributed by atoms with van der Waals surface area (Å²) < 4.78 is 0. The minimum absolute atomic E-state index is 0.883. The molecule has 3 aromatic heterocycles. The van der Waals surface area contributed by atoms with E-state index >= 15 is 0 Å². The smallest absolute Gasteiger partial charge is 0.116 e. The molecule has 0 saturated carbocycles. The summed E-state index contributed by atoms with van der Waals surface area (Å²) in [5, 5.41) is 0.